The van der Waals surface area contributed by atoms with Gasteiger partial charge in [0.2, 0.25) is 0 Å². The molecule has 1 aromatic rings. The minimum atomic E-state index is -0.264. The summed E-state index contributed by atoms with van der Waals surface area (Å²) in [5.41, 5.74) is 3.89. The maximum atomic E-state index is 9.71. The lowest BCUT2D eigenvalue weighted by Crippen LogP contribution is -2.21. The summed E-state index contributed by atoms with van der Waals surface area (Å²) >= 11 is 0. The van der Waals surface area contributed by atoms with E-state index in [-0.39, 0.29) is 12.0 Å². The van der Waals surface area contributed by atoms with Gasteiger partial charge in [-0.1, -0.05) is 12.1 Å². The van der Waals surface area contributed by atoms with E-state index in [1.165, 1.54) is 16.8 Å². The number of hydrogen-bond donors (Lipinski definition) is 1. The second-order valence-electron chi connectivity index (χ2n) is 4.24. The van der Waals surface area contributed by atoms with Crippen LogP contribution < -0.4 is 4.90 Å². The van der Waals surface area contributed by atoms with Crippen LogP contribution in [0.15, 0.2) is 18.2 Å². The summed E-state index contributed by atoms with van der Waals surface area (Å²) in [5, 5.41) is 9.71. The van der Waals surface area contributed by atoms with Crippen LogP contribution in [0, 0.1) is 6.92 Å². The Labute approximate surface area is 85.2 Å². The fourth-order valence-corrected chi connectivity index (χ4v) is 2.36. The predicted molar refractivity (Wildman–Crippen MR) is 58.9 cm³/mol. The molecular weight excluding hydrogens is 174 g/mol. The number of fused-ring (bicyclic) bond motifs is 1. The largest absolute Gasteiger partial charge is 0.393 e. The maximum absolute atomic E-state index is 9.71. The second kappa shape index (κ2) is 3.28. The molecule has 2 unspecified atom stereocenters. The molecule has 0 aromatic heterocycles. The van der Waals surface area contributed by atoms with E-state index in [9.17, 15) is 5.11 Å². The van der Waals surface area contributed by atoms with Crippen molar-refractivity contribution in [3.05, 3.63) is 29.3 Å². The van der Waals surface area contributed by atoms with Crippen LogP contribution in [0.1, 0.15) is 24.0 Å². The molecule has 2 rings (SSSR count). The van der Waals surface area contributed by atoms with Crippen molar-refractivity contribution in [1.82, 2.24) is 0 Å². The van der Waals surface area contributed by atoms with Gasteiger partial charge in [0.1, 0.15) is 0 Å². The first-order valence-electron chi connectivity index (χ1n) is 5.10. The predicted octanol–water partition coefficient (Wildman–Crippen LogP) is 1.91. The summed E-state index contributed by atoms with van der Waals surface area (Å²) in [5.74, 6) is 0.274. The van der Waals surface area contributed by atoms with Crippen molar-refractivity contribution >= 4 is 5.69 Å². The highest BCUT2D eigenvalue weighted by Crippen LogP contribution is 2.38. The molecule has 0 saturated carbocycles. The van der Waals surface area contributed by atoms with Crippen molar-refractivity contribution in [2.24, 2.45) is 0 Å². The van der Waals surface area contributed by atoms with Crippen molar-refractivity contribution in [3.63, 3.8) is 0 Å². The summed E-state index contributed by atoms with van der Waals surface area (Å²) in [6, 6.07) is 6.33. The van der Waals surface area contributed by atoms with E-state index in [0.29, 0.717) is 0 Å². The zero-order valence-corrected chi connectivity index (χ0v) is 8.99. The molecule has 1 heterocycles. The van der Waals surface area contributed by atoms with Gasteiger partial charge in [-0.25, -0.2) is 0 Å². The topological polar surface area (TPSA) is 23.5 Å². The van der Waals surface area contributed by atoms with Gasteiger partial charge in [-0.05, 0) is 31.0 Å². The van der Waals surface area contributed by atoms with Crippen molar-refractivity contribution in [2.45, 2.75) is 25.9 Å². The summed E-state index contributed by atoms with van der Waals surface area (Å²) in [6.45, 7) is 4.92. The first-order valence-corrected chi connectivity index (χ1v) is 5.10. The fourth-order valence-electron chi connectivity index (χ4n) is 2.36. The van der Waals surface area contributed by atoms with Crippen LogP contribution in [0.4, 0.5) is 5.69 Å². The number of hydrogen-bond acceptors (Lipinski definition) is 2. The SMILES string of the molecule is Cc1cccc2c1C(C(C)O)CN2C. The number of aryl methyl sites for hydroxylation is 1. The highest BCUT2D eigenvalue weighted by molar-refractivity contribution is 5.62. The van der Waals surface area contributed by atoms with Crippen molar-refractivity contribution < 1.29 is 5.11 Å². The molecule has 2 heteroatoms. The Morgan fingerprint density at radius 3 is 2.86 bits per heavy atom. The van der Waals surface area contributed by atoms with Gasteiger partial charge in [-0.2, -0.15) is 0 Å². The average Bonchev–Trinajstić information content (AvgIpc) is 2.46. The summed E-state index contributed by atoms with van der Waals surface area (Å²) in [4.78, 5) is 2.22. The van der Waals surface area contributed by atoms with Crippen LogP contribution in [-0.4, -0.2) is 24.8 Å². The van der Waals surface area contributed by atoms with Crippen LogP contribution >= 0.6 is 0 Å². The molecule has 0 amide bonds. The number of likely N-dealkylation sites (N-methyl/N-ethyl adjacent to an activating group) is 1. The highest BCUT2D eigenvalue weighted by Gasteiger charge is 2.30. The molecule has 0 saturated heterocycles. The van der Waals surface area contributed by atoms with Gasteiger partial charge in [0, 0.05) is 25.2 Å². The third-order valence-corrected chi connectivity index (χ3v) is 3.14. The number of aliphatic hydroxyl groups excluding tert-OH is 1. The molecule has 0 aliphatic carbocycles. The molecule has 0 bridgehead atoms. The zero-order valence-electron chi connectivity index (χ0n) is 8.99. The molecular formula is C12H17NO. The molecule has 2 atom stereocenters. The van der Waals surface area contributed by atoms with Crippen LogP contribution in [0.5, 0.6) is 0 Å². The first-order chi connectivity index (χ1) is 6.61. The average molecular weight is 191 g/mol. The Bertz CT molecular complexity index is 346. The zero-order chi connectivity index (χ0) is 10.3. The molecule has 76 valence electrons. The van der Waals surface area contributed by atoms with E-state index in [1.54, 1.807) is 0 Å². The molecule has 14 heavy (non-hydrogen) atoms. The van der Waals surface area contributed by atoms with Gasteiger partial charge in [0.05, 0.1) is 6.10 Å². The van der Waals surface area contributed by atoms with Gasteiger partial charge < -0.3 is 10.0 Å². The minimum Gasteiger partial charge on any atom is -0.393 e. The highest BCUT2D eigenvalue weighted by atomic mass is 16.3. The number of anilines is 1. The van der Waals surface area contributed by atoms with E-state index in [4.69, 9.17) is 0 Å². The van der Waals surface area contributed by atoms with Crippen molar-refractivity contribution in [3.8, 4) is 0 Å². The molecule has 1 aliphatic heterocycles. The Morgan fingerprint density at radius 1 is 1.50 bits per heavy atom. The van der Waals surface area contributed by atoms with Crippen LogP contribution in [0.25, 0.3) is 0 Å². The quantitative estimate of drug-likeness (QED) is 0.733. The number of benzene rings is 1. The molecule has 0 radical (unpaired) electrons. The Morgan fingerprint density at radius 2 is 2.21 bits per heavy atom. The first kappa shape index (κ1) is 9.53. The number of nitrogens with zero attached hydrogens (tertiary/aromatic N) is 1. The molecule has 1 aliphatic rings. The van der Waals surface area contributed by atoms with E-state index >= 15 is 0 Å². The Hall–Kier alpha value is -1.02. The molecule has 1 aromatic carbocycles. The maximum Gasteiger partial charge on any atom is 0.0598 e. The third kappa shape index (κ3) is 1.30. The van der Waals surface area contributed by atoms with Gasteiger partial charge in [0.25, 0.3) is 0 Å². The molecule has 1 N–H and O–H groups in total. The second-order valence-corrected chi connectivity index (χ2v) is 4.24. The lowest BCUT2D eigenvalue weighted by Gasteiger charge is -2.15. The van der Waals surface area contributed by atoms with Crippen LogP contribution in [0.2, 0.25) is 0 Å². The van der Waals surface area contributed by atoms with E-state index in [0.717, 1.165) is 6.54 Å². The van der Waals surface area contributed by atoms with E-state index in [2.05, 4.69) is 37.1 Å². The Balaban J connectivity index is 2.51. The van der Waals surface area contributed by atoms with Crippen molar-refractivity contribution in [2.75, 3.05) is 18.5 Å². The summed E-state index contributed by atoms with van der Waals surface area (Å²) < 4.78 is 0. The van der Waals surface area contributed by atoms with Gasteiger partial charge in [-0.3, -0.25) is 0 Å². The normalized spacial score (nSPS) is 22.3. The monoisotopic (exact) mass is 191 g/mol. The minimum absolute atomic E-state index is 0.264. The summed E-state index contributed by atoms with van der Waals surface area (Å²) in [7, 11) is 2.08. The van der Waals surface area contributed by atoms with Gasteiger partial charge >= 0.3 is 0 Å². The van der Waals surface area contributed by atoms with Gasteiger partial charge in [-0.15, -0.1) is 0 Å². The van der Waals surface area contributed by atoms with E-state index in [1.807, 2.05) is 6.92 Å². The lowest BCUT2D eigenvalue weighted by atomic mass is 9.93. The molecule has 0 fully saturated rings. The number of aliphatic hydroxyl groups is 1. The Kier molecular flexibility index (Phi) is 2.23. The fraction of sp³-hybridized carbons (Fsp3) is 0.500. The third-order valence-electron chi connectivity index (χ3n) is 3.14. The summed E-state index contributed by atoms with van der Waals surface area (Å²) in [6.07, 6.45) is -0.264. The van der Waals surface area contributed by atoms with E-state index < -0.39 is 0 Å². The van der Waals surface area contributed by atoms with Crippen LogP contribution in [-0.2, 0) is 0 Å². The lowest BCUT2D eigenvalue weighted by molar-refractivity contribution is 0.167. The number of rotatable bonds is 1. The standard InChI is InChI=1S/C12H17NO/c1-8-5-4-6-11-12(8)10(9(2)14)7-13(11)3/h4-6,9-10,14H,7H2,1-3H3. The molecule has 0 spiro atoms. The van der Waals surface area contributed by atoms with Crippen LogP contribution in [0.3, 0.4) is 0 Å². The van der Waals surface area contributed by atoms with Crippen molar-refractivity contribution in [1.29, 1.82) is 0 Å². The van der Waals surface area contributed by atoms with Gasteiger partial charge in [0.15, 0.2) is 0 Å². The molecule has 2 nitrogen and oxygen atoms in total. The smallest absolute Gasteiger partial charge is 0.0598 e.